The highest BCUT2D eigenvalue weighted by molar-refractivity contribution is 5.40. The molecule has 0 amide bonds. The summed E-state index contributed by atoms with van der Waals surface area (Å²) in [5.41, 5.74) is 2.09. The van der Waals surface area contributed by atoms with E-state index in [2.05, 4.69) is 0 Å². The quantitative estimate of drug-likeness (QED) is 0.620. The SMILES string of the molecule is NCC1(c2c(F)ccc(F)c2F)CC1(F)F. The summed E-state index contributed by atoms with van der Waals surface area (Å²) in [7, 11) is 0. The van der Waals surface area contributed by atoms with Gasteiger partial charge in [0.05, 0.1) is 5.41 Å². The number of hydrogen-bond donors (Lipinski definition) is 1. The van der Waals surface area contributed by atoms with E-state index in [-0.39, 0.29) is 0 Å². The topological polar surface area (TPSA) is 26.0 Å². The standard InChI is InChI=1S/C10H8F5N/c11-5-1-2-6(12)8(13)7(5)9(4-16)3-10(9,14)15/h1-2H,3-4,16H2. The van der Waals surface area contributed by atoms with E-state index in [1.54, 1.807) is 0 Å². The molecule has 2 N–H and O–H groups in total. The average molecular weight is 237 g/mol. The summed E-state index contributed by atoms with van der Waals surface area (Å²) in [6.45, 7) is -0.628. The van der Waals surface area contributed by atoms with Gasteiger partial charge in [0, 0.05) is 18.5 Å². The van der Waals surface area contributed by atoms with Gasteiger partial charge in [-0.15, -0.1) is 0 Å². The van der Waals surface area contributed by atoms with Gasteiger partial charge in [-0.05, 0) is 12.1 Å². The van der Waals surface area contributed by atoms with Crippen LogP contribution in [-0.4, -0.2) is 12.5 Å². The molecule has 1 aromatic carbocycles. The van der Waals surface area contributed by atoms with Crippen molar-refractivity contribution in [2.24, 2.45) is 5.73 Å². The first-order valence-electron chi connectivity index (χ1n) is 4.57. The van der Waals surface area contributed by atoms with Crippen molar-refractivity contribution < 1.29 is 22.0 Å². The molecule has 6 heteroatoms. The fraction of sp³-hybridized carbons (Fsp3) is 0.400. The van der Waals surface area contributed by atoms with E-state index in [1.807, 2.05) is 0 Å². The van der Waals surface area contributed by atoms with Gasteiger partial charge in [-0.3, -0.25) is 0 Å². The third-order valence-corrected chi connectivity index (χ3v) is 2.97. The molecule has 0 saturated heterocycles. The summed E-state index contributed by atoms with van der Waals surface area (Å²) < 4.78 is 65.7. The summed E-state index contributed by atoms with van der Waals surface area (Å²) in [6.07, 6.45) is -0.756. The molecule has 1 aromatic rings. The van der Waals surface area contributed by atoms with Crippen LogP contribution in [0.1, 0.15) is 12.0 Å². The van der Waals surface area contributed by atoms with Gasteiger partial charge in [0.25, 0.3) is 5.92 Å². The Hall–Kier alpha value is -1.17. The molecule has 0 radical (unpaired) electrons. The lowest BCUT2D eigenvalue weighted by atomic mass is 9.94. The van der Waals surface area contributed by atoms with Gasteiger partial charge in [-0.2, -0.15) is 0 Å². The second-order valence-electron chi connectivity index (χ2n) is 3.89. The molecule has 0 heterocycles. The Balaban J connectivity index is 2.61. The van der Waals surface area contributed by atoms with E-state index in [1.165, 1.54) is 0 Å². The fourth-order valence-corrected chi connectivity index (χ4v) is 1.90. The van der Waals surface area contributed by atoms with E-state index in [0.29, 0.717) is 12.1 Å². The zero-order valence-electron chi connectivity index (χ0n) is 8.04. The summed E-state index contributed by atoms with van der Waals surface area (Å²) in [4.78, 5) is 0. The van der Waals surface area contributed by atoms with Gasteiger partial charge in [0.1, 0.15) is 5.82 Å². The van der Waals surface area contributed by atoms with Crippen molar-refractivity contribution in [1.82, 2.24) is 0 Å². The minimum atomic E-state index is -3.28. The number of alkyl halides is 2. The van der Waals surface area contributed by atoms with Crippen molar-refractivity contribution in [3.8, 4) is 0 Å². The Bertz CT molecular complexity index is 445. The predicted octanol–water partition coefficient (Wildman–Crippen LogP) is 2.34. The van der Waals surface area contributed by atoms with Crippen molar-refractivity contribution in [2.75, 3.05) is 6.54 Å². The molecule has 0 aromatic heterocycles. The van der Waals surface area contributed by atoms with E-state index in [4.69, 9.17) is 5.73 Å². The largest absolute Gasteiger partial charge is 0.329 e. The molecule has 1 unspecified atom stereocenters. The Kier molecular flexibility index (Phi) is 2.24. The van der Waals surface area contributed by atoms with E-state index < -0.39 is 47.3 Å². The minimum absolute atomic E-state index is 0.554. The molecule has 0 spiro atoms. The predicted molar refractivity (Wildman–Crippen MR) is 46.6 cm³/mol. The third-order valence-electron chi connectivity index (χ3n) is 2.97. The Morgan fingerprint density at radius 1 is 1.12 bits per heavy atom. The monoisotopic (exact) mass is 237 g/mol. The van der Waals surface area contributed by atoms with Crippen molar-refractivity contribution in [2.45, 2.75) is 17.8 Å². The Labute approximate surface area is 88.1 Å². The molecule has 0 aliphatic heterocycles. The van der Waals surface area contributed by atoms with Crippen LogP contribution in [0.3, 0.4) is 0 Å². The molecule has 1 saturated carbocycles. The van der Waals surface area contributed by atoms with Crippen molar-refractivity contribution in [1.29, 1.82) is 0 Å². The van der Waals surface area contributed by atoms with Crippen LogP contribution in [0.5, 0.6) is 0 Å². The molecule has 88 valence electrons. The van der Waals surface area contributed by atoms with Crippen LogP contribution in [0, 0.1) is 17.5 Å². The van der Waals surface area contributed by atoms with Gasteiger partial charge in [0.2, 0.25) is 0 Å². The molecular formula is C10H8F5N. The maximum atomic E-state index is 13.3. The second kappa shape index (κ2) is 3.16. The smallest absolute Gasteiger partial charge is 0.260 e. The number of halogens is 5. The molecule has 1 aliphatic carbocycles. The normalized spacial score (nSPS) is 26.9. The molecule has 1 nitrogen and oxygen atoms in total. The van der Waals surface area contributed by atoms with Crippen LogP contribution >= 0.6 is 0 Å². The first kappa shape index (κ1) is 11.3. The van der Waals surface area contributed by atoms with Crippen LogP contribution in [0.2, 0.25) is 0 Å². The molecule has 1 fully saturated rings. The number of benzene rings is 1. The van der Waals surface area contributed by atoms with Crippen molar-refractivity contribution in [3.05, 3.63) is 35.1 Å². The van der Waals surface area contributed by atoms with Gasteiger partial charge in [0.15, 0.2) is 11.6 Å². The molecule has 1 atom stereocenters. The third kappa shape index (κ3) is 1.25. The summed E-state index contributed by atoms with van der Waals surface area (Å²) >= 11 is 0. The van der Waals surface area contributed by atoms with E-state index >= 15 is 0 Å². The Morgan fingerprint density at radius 3 is 2.06 bits per heavy atom. The first-order chi connectivity index (χ1) is 7.35. The average Bonchev–Trinajstić information content (AvgIpc) is 2.77. The zero-order chi connectivity index (χ0) is 12.1. The van der Waals surface area contributed by atoms with Crippen LogP contribution in [0.4, 0.5) is 22.0 Å². The Morgan fingerprint density at radius 2 is 1.62 bits per heavy atom. The maximum absolute atomic E-state index is 13.3. The maximum Gasteiger partial charge on any atom is 0.260 e. The lowest BCUT2D eigenvalue weighted by molar-refractivity contribution is 0.0874. The summed E-state index contributed by atoms with van der Waals surface area (Å²) in [5, 5.41) is 0. The van der Waals surface area contributed by atoms with Crippen LogP contribution in [0.15, 0.2) is 12.1 Å². The zero-order valence-corrected chi connectivity index (χ0v) is 8.04. The van der Waals surface area contributed by atoms with E-state index in [9.17, 15) is 22.0 Å². The second-order valence-corrected chi connectivity index (χ2v) is 3.89. The van der Waals surface area contributed by atoms with Gasteiger partial charge >= 0.3 is 0 Å². The van der Waals surface area contributed by atoms with Crippen LogP contribution in [-0.2, 0) is 5.41 Å². The highest BCUT2D eigenvalue weighted by atomic mass is 19.3. The van der Waals surface area contributed by atoms with Gasteiger partial charge in [-0.25, -0.2) is 22.0 Å². The first-order valence-corrected chi connectivity index (χ1v) is 4.57. The minimum Gasteiger partial charge on any atom is -0.329 e. The van der Waals surface area contributed by atoms with Crippen LogP contribution < -0.4 is 5.73 Å². The molecular weight excluding hydrogens is 229 g/mol. The highest BCUT2D eigenvalue weighted by Gasteiger charge is 2.72. The lowest BCUT2D eigenvalue weighted by Crippen LogP contribution is -2.29. The van der Waals surface area contributed by atoms with Crippen molar-refractivity contribution in [3.63, 3.8) is 0 Å². The molecule has 0 bridgehead atoms. The fourth-order valence-electron chi connectivity index (χ4n) is 1.90. The van der Waals surface area contributed by atoms with Gasteiger partial charge in [-0.1, -0.05) is 0 Å². The lowest BCUT2D eigenvalue weighted by Gasteiger charge is -2.16. The number of hydrogen-bond acceptors (Lipinski definition) is 1. The summed E-state index contributed by atoms with van der Waals surface area (Å²) in [6, 6.07) is 1.18. The van der Waals surface area contributed by atoms with E-state index in [0.717, 1.165) is 0 Å². The molecule has 16 heavy (non-hydrogen) atoms. The number of rotatable bonds is 2. The number of nitrogens with two attached hydrogens (primary N) is 1. The molecule has 2 rings (SSSR count). The van der Waals surface area contributed by atoms with Crippen LogP contribution in [0.25, 0.3) is 0 Å². The van der Waals surface area contributed by atoms with Gasteiger partial charge < -0.3 is 5.73 Å². The van der Waals surface area contributed by atoms with Crippen molar-refractivity contribution >= 4 is 0 Å². The molecule has 1 aliphatic rings. The highest BCUT2D eigenvalue weighted by Crippen LogP contribution is 2.61. The summed E-state index contributed by atoms with van der Waals surface area (Å²) in [5.74, 6) is -7.41.